The number of carbonyl (C=O) groups excluding carboxylic acids is 2. The summed E-state index contributed by atoms with van der Waals surface area (Å²) in [5, 5.41) is 0. The first-order valence-electron chi connectivity index (χ1n) is 6.86. The molecule has 0 fully saturated rings. The van der Waals surface area contributed by atoms with Crippen molar-refractivity contribution in [3.05, 3.63) is 21.9 Å². The molecule has 0 saturated carbocycles. The molecule has 1 heterocycles. The Kier molecular flexibility index (Phi) is 7.41. The molecule has 0 unspecified atom stereocenters. The van der Waals surface area contributed by atoms with E-state index in [1.807, 2.05) is 12.1 Å². The van der Waals surface area contributed by atoms with E-state index >= 15 is 0 Å². The Morgan fingerprint density at radius 2 is 1.89 bits per heavy atom. The normalized spacial score (nSPS) is 10.4. The van der Waals surface area contributed by atoms with E-state index < -0.39 is 0 Å². The molecule has 0 radical (unpaired) electrons. The lowest BCUT2D eigenvalue weighted by molar-refractivity contribution is -0.139. The lowest BCUT2D eigenvalue weighted by Crippen LogP contribution is -2.02. The highest BCUT2D eigenvalue weighted by Crippen LogP contribution is 2.20. The van der Waals surface area contributed by atoms with Crippen LogP contribution in [0.5, 0.6) is 0 Å². The van der Waals surface area contributed by atoms with Crippen molar-refractivity contribution < 1.29 is 14.3 Å². The van der Waals surface area contributed by atoms with Gasteiger partial charge >= 0.3 is 5.97 Å². The molecular formula is C15H22O3S. The first kappa shape index (κ1) is 15.9. The summed E-state index contributed by atoms with van der Waals surface area (Å²) in [7, 11) is 1.37. The Balaban J connectivity index is 2.34. The number of unbranched alkanes of at least 4 members (excludes halogenated alkanes) is 4. The summed E-state index contributed by atoms with van der Waals surface area (Å²) in [6.45, 7) is 2.18. The maximum absolute atomic E-state index is 11.9. The van der Waals surface area contributed by atoms with Crippen LogP contribution in [0, 0.1) is 0 Å². The molecule has 0 aliphatic heterocycles. The number of ketones is 1. The molecule has 1 aromatic heterocycles. The van der Waals surface area contributed by atoms with Crippen molar-refractivity contribution >= 4 is 23.1 Å². The van der Waals surface area contributed by atoms with Gasteiger partial charge in [0.25, 0.3) is 0 Å². The highest BCUT2D eigenvalue weighted by Gasteiger charge is 2.11. The van der Waals surface area contributed by atoms with Crippen LogP contribution in [0.3, 0.4) is 0 Å². The van der Waals surface area contributed by atoms with Crippen LogP contribution < -0.4 is 0 Å². The summed E-state index contributed by atoms with van der Waals surface area (Å²) in [5.41, 5.74) is 0. The molecule has 0 spiro atoms. The third-order valence-electron chi connectivity index (χ3n) is 2.99. The van der Waals surface area contributed by atoms with Crippen LogP contribution in [0.15, 0.2) is 12.1 Å². The Hall–Kier alpha value is -1.16. The molecule has 1 rings (SSSR count). The number of methoxy groups -OCH3 is 1. The third kappa shape index (κ3) is 6.01. The van der Waals surface area contributed by atoms with Crippen molar-refractivity contribution in [2.24, 2.45) is 0 Å². The molecular weight excluding hydrogens is 260 g/mol. The van der Waals surface area contributed by atoms with Gasteiger partial charge in [-0.05, 0) is 18.6 Å². The summed E-state index contributed by atoms with van der Waals surface area (Å²) in [6, 6.07) is 3.66. The van der Waals surface area contributed by atoms with Crippen LogP contribution in [0.1, 0.15) is 60.0 Å². The van der Waals surface area contributed by atoms with Crippen molar-refractivity contribution in [2.45, 2.75) is 51.9 Å². The average Bonchev–Trinajstić information content (AvgIpc) is 2.86. The van der Waals surface area contributed by atoms with Crippen molar-refractivity contribution in [3.8, 4) is 0 Å². The molecule has 0 aromatic carbocycles. The molecule has 0 saturated heterocycles. The van der Waals surface area contributed by atoms with Crippen molar-refractivity contribution in [1.29, 1.82) is 0 Å². The van der Waals surface area contributed by atoms with Gasteiger partial charge < -0.3 is 4.74 Å². The topological polar surface area (TPSA) is 43.4 Å². The van der Waals surface area contributed by atoms with Gasteiger partial charge in [-0.2, -0.15) is 0 Å². The first-order chi connectivity index (χ1) is 9.17. The van der Waals surface area contributed by atoms with E-state index in [1.54, 1.807) is 0 Å². The van der Waals surface area contributed by atoms with Gasteiger partial charge in [0.2, 0.25) is 0 Å². The van der Waals surface area contributed by atoms with Crippen molar-refractivity contribution in [3.63, 3.8) is 0 Å². The van der Waals surface area contributed by atoms with Crippen LogP contribution in [0.25, 0.3) is 0 Å². The van der Waals surface area contributed by atoms with E-state index in [1.165, 1.54) is 37.7 Å². The zero-order chi connectivity index (χ0) is 14.1. The maximum Gasteiger partial charge on any atom is 0.310 e. The van der Waals surface area contributed by atoms with Gasteiger partial charge in [-0.3, -0.25) is 9.59 Å². The molecule has 0 aliphatic carbocycles. The Bertz CT molecular complexity index is 409. The first-order valence-corrected chi connectivity index (χ1v) is 7.67. The summed E-state index contributed by atoms with van der Waals surface area (Å²) in [4.78, 5) is 24.7. The van der Waals surface area contributed by atoms with Crippen LogP contribution in [0.2, 0.25) is 0 Å². The fourth-order valence-corrected chi connectivity index (χ4v) is 2.81. The molecule has 19 heavy (non-hydrogen) atoms. The third-order valence-corrected chi connectivity index (χ3v) is 4.12. The molecule has 0 N–H and O–H groups in total. The zero-order valence-corrected chi connectivity index (χ0v) is 12.6. The number of rotatable bonds is 9. The molecule has 106 valence electrons. The van der Waals surface area contributed by atoms with Gasteiger partial charge in [-0.25, -0.2) is 0 Å². The maximum atomic E-state index is 11.9. The summed E-state index contributed by atoms with van der Waals surface area (Å²) >= 11 is 1.40. The van der Waals surface area contributed by atoms with Crippen molar-refractivity contribution in [2.75, 3.05) is 7.11 Å². The highest BCUT2D eigenvalue weighted by molar-refractivity contribution is 7.14. The molecule has 1 aromatic rings. The lowest BCUT2D eigenvalue weighted by Gasteiger charge is -1.99. The number of ether oxygens (including phenoxy) is 1. The van der Waals surface area contributed by atoms with Crippen LogP contribution >= 0.6 is 11.3 Å². The Morgan fingerprint density at radius 1 is 1.16 bits per heavy atom. The second-order valence-corrected chi connectivity index (χ2v) is 5.77. The monoisotopic (exact) mass is 282 g/mol. The largest absolute Gasteiger partial charge is 0.469 e. The van der Waals surface area contributed by atoms with Gasteiger partial charge in [-0.15, -0.1) is 11.3 Å². The van der Waals surface area contributed by atoms with Gasteiger partial charge in [0.05, 0.1) is 18.4 Å². The number of Topliss-reactive ketones (excluding diaryl/α,β-unsaturated/α-hetero) is 1. The molecule has 0 bridgehead atoms. The predicted octanol–water partition coefficient (Wildman–Crippen LogP) is 4.01. The van der Waals surface area contributed by atoms with Crippen LogP contribution in [-0.4, -0.2) is 18.9 Å². The molecule has 0 aliphatic rings. The summed E-state index contributed by atoms with van der Waals surface area (Å²) in [5.74, 6) is -0.0713. The Labute approximate surface area is 119 Å². The summed E-state index contributed by atoms with van der Waals surface area (Å²) in [6.07, 6.45) is 6.63. The number of hydrogen-bond acceptors (Lipinski definition) is 4. The number of thiophene rings is 1. The van der Waals surface area contributed by atoms with Gasteiger partial charge in [-0.1, -0.05) is 32.6 Å². The smallest absolute Gasteiger partial charge is 0.310 e. The SMILES string of the molecule is CCCCCCCC(=O)c1ccc(CC(=O)OC)s1. The quantitative estimate of drug-likeness (QED) is 0.390. The van der Waals surface area contributed by atoms with Crippen LogP contribution in [-0.2, 0) is 16.0 Å². The minimum atomic E-state index is -0.264. The predicted molar refractivity (Wildman–Crippen MR) is 77.7 cm³/mol. The fraction of sp³-hybridized carbons (Fsp3) is 0.600. The second-order valence-electron chi connectivity index (χ2n) is 4.61. The van der Waals surface area contributed by atoms with E-state index in [9.17, 15) is 9.59 Å². The second kappa shape index (κ2) is 8.86. The van der Waals surface area contributed by atoms with Crippen molar-refractivity contribution in [1.82, 2.24) is 0 Å². The molecule has 0 atom stereocenters. The standard InChI is InChI=1S/C15H22O3S/c1-3-4-5-6-7-8-13(16)14-10-9-12(19-14)11-15(17)18-2/h9-10H,3-8,11H2,1-2H3. The number of hydrogen-bond donors (Lipinski definition) is 0. The van der Waals surface area contributed by atoms with E-state index in [-0.39, 0.29) is 18.2 Å². The minimum absolute atomic E-state index is 0.192. The van der Waals surface area contributed by atoms with E-state index in [0.717, 1.165) is 22.6 Å². The lowest BCUT2D eigenvalue weighted by atomic mass is 10.1. The molecule has 0 amide bonds. The van der Waals surface area contributed by atoms with Crippen LogP contribution in [0.4, 0.5) is 0 Å². The summed E-state index contributed by atoms with van der Waals surface area (Å²) < 4.78 is 4.61. The van der Waals surface area contributed by atoms with E-state index in [2.05, 4.69) is 11.7 Å². The number of carbonyl (C=O) groups is 2. The minimum Gasteiger partial charge on any atom is -0.469 e. The zero-order valence-electron chi connectivity index (χ0n) is 11.7. The number of esters is 1. The Morgan fingerprint density at radius 3 is 2.58 bits per heavy atom. The molecule has 4 heteroatoms. The molecule has 3 nitrogen and oxygen atoms in total. The van der Waals surface area contributed by atoms with E-state index in [4.69, 9.17) is 0 Å². The average molecular weight is 282 g/mol. The highest BCUT2D eigenvalue weighted by atomic mass is 32.1. The van der Waals surface area contributed by atoms with E-state index in [0.29, 0.717) is 6.42 Å². The van der Waals surface area contributed by atoms with Gasteiger partial charge in [0.15, 0.2) is 5.78 Å². The van der Waals surface area contributed by atoms with Gasteiger partial charge in [0, 0.05) is 11.3 Å². The fourth-order valence-electron chi connectivity index (χ4n) is 1.85. The van der Waals surface area contributed by atoms with Gasteiger partial charge in [0.1, 0.15) is 0 Å².